The molecular weight excluding hydrogens is 247 g/mol. The van der Waals surface area contributed by atoms with Crippen molar-refractivity contribution < 1.29 is 13.9 Å². The Balaban J connectivity index is 1.98. The van der Waals surface area contributed by atoms with Crippen LogP contribution in [-0.2, 0) is 6.54 Å². The Morgan fingerprint density at radius 2 is 2.05 bits per heavy atom. The van der Waals surface area contributed by atoms with Gasteiger partial charge in [-0.05, 0) is 29.8 Å². The lowest BCUT2D eigenvalue weighted by Crippen LogP contribution is -2.24. The zero-order valence-corrected chi connectivity index (χ0v) is 10.4. The molecule has 0 spiro atoms. The molecule has 4 nitrogen and oxygen atoms in total. The molecule has 2 aromatic rings. The largest absolute Gasteiger partial charge is 0.497 e. The lowest BCUT2D eigenvalue weighted by molar-refractivity contribution is 0.0946. The third-order valence-corrected chi connectivity index (χ3v) is 2.62. The van der Waals surface area contributed by atoms with Crippen LogP contribution in [0.4, 0.5) is 4.39 Å². The summed E-state index contributed by atoms with van der Waals surface area (Å²) < 4.78 is 18.3. The molecule has 0 radical (unpaired) electrons. The van der Waals surface area contributed by atoms with Crippen LogP contribution in [0.3, 0.4) is 0 Å². The summed E-state index contributed by atoms with van der Waals surface area (Å²) in [7, 11) is 1.59. The molecule has 0 unspecified atom stereocenters. The number of carbonyl (C=O) groups is 1. The van der Waals surface area contributed by atoms with E-state index in [4.69, 9.17) is 4.74 Å². The lowest BCUT2D eigenvalue weighted by atomic mass is 10.2. The second-order valence-corrected chi connectivity index (χ2v) is 3.87. The second-order valence-electron chi connectivity index (χ2n) is 3.87. The van der Waals surface area contributed by atoms with Gasteiger partial charge in [0.05, 0.1) is 12.7 Å². The Bertz CT molecular complexity index is 570. The van der Waals surface area contributed by atoms with Gasteiger partial charge >= 0.3 is 0 Å². The number of halogens is 1. The number of pyridine rings is 1. The van der Waals surface area contributed by atoms with E-state index in [0.29, 0.717) is 6.54 Å². The summed E-state index contributed by atoms with van der Waals surface area (Å²) in [5, 5.41) is 2.63. The highest BCUT2D eigenvalue weighted by Crippen LogP contribution is 2.11. The number of benzene rings is 1. The number of rotatable bonds is 4. The minimum atomic E-state index is -0.769. The lowest BCUT2D eigenvalue weighted by Gasteiger charge is -2.06. The average Bonchev–Trinajstić information content (AvgIpc) is 2.46. The van der Waals surface area contributed by atoms with Gasteiger partial charge in [0.2, 0.25) is 5.95 Å². The first-order valence-electron chi connectivity index (χ1n) is 5.72. The second kappa shape index (κ2) is 5.95. The van der Waals surface area contributed by atoms with E-state index in [1.165, 1.54) is 18.3 Å². The number of hydrogen-bond donors (Lipinski definition) is 1. The minimum Gasteiger partial charge on any atom is -0.497 e. The molecule has 0 aliphatic carbocycles. The number of aromatic nitrogens is 1. The van der Waals surface area contributed by atoms with Gasteiger partial charge in [-0.1, -0.05) is 12.1 Å². The van der Waals surface area contributed by atoms with Crippen molar-refractivity contribution in [2.24, 2.45) is 0 Å². The number of amides is 1. The number of nitrogens with one attached hydrogen (secondary N) is 1. The van der Waals surface area contributed by atoms with Gasteiger partial charge < -0.3 is 10.1 Å². The van der Waals surface area contributed by atoms with Gasteiger partial charge in [0.1, 0.15) is 5.75 Å². The summed E-state index contributed by atoms with van der Waals surface area (Å²) in [6.07, 6.45) is 1.30. The third kappa shape index (κ3) is 3.28. The standard InChI is InChI=1S/C14H13FN2O2/c1-19-11-6-4-10(5-7-11)9-17-14(18)12-3-2-8-16-13(12)15/h2-8H,9H2,1H3,(H,17,18). The van der Waals surface area contributed by atoms with Crippen LogP contribution in [-0.4, -0.2) is 18.0 Å². The van der Waals surface area contributed by atoms with E-state index in [1.807, 2.05) is 12.1 Å². The van der Waals surface area contributed by atoms with Crippen LogP contribution in [0.15, 0.2) is 42.6 Å². The Labute approximate surface area is 110 Å². The van der Waals surface area contributed by atoms with Crippen molar-refractivity contribution in [3.63, 3.8) is 0 Å². The molecule has 1 heterocycles. The van der Waals surface area contributed by atoms with E-state index in [0.717, 1.165) is 11.3 Å². The van der Waals surface area contributed by atoms with E-state index in [-0.39, 0.29) is 5.56 Å². The first-order chi connectivity index (χ1) is 9.20. The molecule has 0 aliphatic heterocycles. The number of methoxy groups -OCH3 is 1. The Morgan fingerprint density at radius 1 is 1.32 bits per heavy atom. The fraction of sp³-hybridized carbons (Fsp3) is 0.143. The van der Waals surface area contributed by atoms with Gasteiger partial charge in [-0.25, -0.2) is 4.98 Å². The molecule has 0 bridgehead atoms. The highest BCUT2D eigenvalue weighted by molar-refractivity contribution is 5.94. The van der Waals surface area contributed by atoms with Gasteiger partial charge in [0.15, 0.2) is 0 Å². The van der Waals surface area contributed by atoms with Crippen molar-refractivity contribution in [3.05, 3.63) is 59.7 Å². The molecule has 98 valence electrons. The molecule has 0 aliphatic rings. The minimum absolute atomic E-state index is 0.0592. The highest BCUT2D eigenvalue weighted by Gasteiger charge is 2.11. The Hall–Kier alpha value is -2.43. The average molecular weight is 260 g/mol. The van der Waals surface area contributed by atoms with Crippen LogP contribution in [0.2, 0.25) is 0 Å². The number of carbonyl (C=O) groups excluding carboxylic acids is 1. The van der Waals surface area contributed by atoms with Crippen molar-refractivity contribution >= 4 is 5.91 Å². The van der Waals surface area contributed by atoms with Crippen molar-refractivity contribution in [2.45, 2.75) is 6.54 Å². The fourth-order valence-corrected chi connectivity index (χ4v) is 1.58. The normalized spacial score (nSPS) is 10.0. The van der Waals surface area contributed by atoms with Crippen molar-refractivity contribution in [1.82, 2.24) is 10.3 Å². The molecule has 1 N–H and O–H groups in total. The molecule has 2 rings (SSSR count). The summed E-state index contributed by atoms with van der Waals surface area (Å²) >= 11 is 0. The fourth-order valence-electron chi connectivity index (χ4n) is 1.58. The zero-order valence-electron chi connectivity index (χ0n) is 10.4. The first-order valence-corrected chi connectivity index (χ1v) is 5.72. The zero-order chi connectivity index (χ0) is 13.7. The van der Waals surface area contributed by atoms with Gasteiger partial charge in [-0.3, -0.25) is 4.79 Å². The maximum absolute atomic E-state index is 13.3. The van der Waals surface area contributed by atoms with Gasteiger partial charge in [-0.15, -0.1) is 0 Å². The smallest absolute Gasteiger partial charge is 0.256 e. The Morgan fingerprint density at radius 3 is 2.68 bits per heavy atom. The molecule has 1 amide bonds. The molecule has 1 aromatic heterocycles. The van der Waals surface area contributed by atoms with Crippen molar-refractivity contribution in [2.75, 3.05) is 7.11 Å². The predicted octanol–water partition coefficient (Wildman–Crippen LogP) is 2.16. The summed E-state index contributed by atoms with van der Waals surface area (Å²) in [6, 6.07) is 10.2. The molecule has 5 heteroatoms. The molecule has 0 fully saturated rings. The van der Waals surface area contributed by atoms with E-state index >= 15 is 0 Å². The highest BCUT2D eigenvalue weighted by atomic mass is 19.1. The van der Waals surface area contributed by atoms with Crippen LogP contribution in [0.1, 0.15) is 15.9 Å². The topological polar surface area (TPSA) is 51.2 Å². The summed E-state index contributed by atoms with van der Waals surface area (Å²) in [5.74, 6) is -0.510. The van der Waals surface area contributed by atoms with Crippen molar-refractivity contribution in [1.29, 1.82) is 0 Å². The van der Waals surface area contributed by atoms with Gasteiger partial charge in [0.25, 0.3) is 5.91 Å². The van der Waals surface area contributed by atoms with Crippen molar-refractivity contribution in [3.8, 4) is 5.75 Å². The third-order valence-electron chi connectivity index (χ3n) is 2.62. The number of nitrogens with zero attached hydrogens (tertiary/aromatic N) is 1. The summed E-state index contributed by atoms with van der Waals surface area (Å²) in [6.45, 7) is 0.317. The molecule has 0 saturated heterocycles. The molecule has 1 aromatic carbocycles. The van der Waals surface area contributed by atoms with Crippen LogP contribution in [0, 0.1) is 5.95 Å². The maximum atomic E-state index is 13.3. The number of hydrogen-bond acceptors (Lipinski definition) is 3. The SMILES string of the molecule is COc1ccc(CNC(=O)c2cccnc2F)cc1. The van der Waals surface area contributed by atoms with E-state index in [1.54, 1.807) is 19.2 Å². The summed E-state index contributed by atoms with van der Waals surface area (Å²) in [5.41, 5.74) is 0.842. The van der Waals surface area contributed by atoms with Gasteiger partial charge in [0, 0.05) is 12.7 Å². The molecular formula is C14H13FN2O2. The molecule has 0 atom stereocenters. The molecule has 0 saturated carbocycles. The Kier molecular flexibility index (Phi) is 4.07. The van der Waals surface area contributed by atoms with E-state index < -0.39 is 11.9 Å². The maximum Gasteiger partial charge on any atom is 0.256 e. The van der Waals surface area contributed by atoms with Crippen LogP contribution < -0.4 is 10.1 Å². The first kappa shape index (κ1) is 13.0. The van der Waals surface area contributed by atoms with Crippen LogP contribution in [0.25, 0.3) is 0 Å². The van der Waals surface area contributed by atoms with E-state index in [9.17, 15) is 9.18 Å². The quantitative estimate of drug-likeness (QED) is 0.857. The van der Waals surface area contributed by atoms with E-state index in [2.05, 4.69) is 10.3 Å². The summed E-state index contributed by atoms with van der Waals surface area (Å²) in [4.78, 5) is 15.2. The molecule has 19 heavy (non-hydrogen) atoms. The predicted molar refractivity (Wildman–Crippen MR) is 68.4 cm³/mol. The number of ether oxygens (including phenoxy) is 1. The monoisotopic (exact) mass is 260 g/mol. The van der Waals surface area contributed by atoms with Crippen LogP contribution in [0.5, 0.6) is 5.75 Å². The van der Waals surface area contributed by atoms with Crippen LogP contribution >= 0.6 is 0 Å². The van der Waals surface area contributed by atoms with Gasteiger partial charge in [-0.2, -0.15) is 4.39 Å².